The lowest BCUT2D eigenvalue weighted by atomic mass is 9.98. The Morgan fingerprint density at radius 3 is 2.70 bits per heavy atom. The van der Waals surface area contributed by atoms with Gasteiger partial charge in [0, 0.05) is 19.2 Å². The van der Waals surface area contributed by atoms with Crippen molar-refractivity contribution in [2.24, 2.45) is 5.92 Å². The lowest BCUT2D eigenvalue weighted by molar-refractivity contribution is 0.103. The van der Waals surface area contributed by atoms with Crippen LogP contribution in [0.4, 0.5) is 4.79 Å². The van der Waals surface area contributed by atoms with E-state index in [0.717, 1.165) is 47.0 Å². The highest BCUT2D eigenvalue weighted by atomic mass is 35.5. The molecular weight excluding hydrogens is 420 g/mol. The van der Waals surface area contributed by atoms with E-state index in [0.29, 0.717) is 16.4 Å². The van der Waals surface area contributed by atoms with Crippen LogP contribution in [0.25, 0.3) is 10.6 Å². The standard InChI is InChI=1S/C23H29ClN2O3S/c1-15-20(29-18-6-4-3-5-7-18)11-10-19(25-15)22-17(12-21(24)30-22)14-28-23(27)26(2)13-16-8-9-16/h10-12,16,18H,3-9,13-14H2,1-2H3. The highest BCUT2D eigenvalue weighted by Gasteiger charge is 2.25. The molecule has 0 radical (unpaired) electrons. The maximum atomic E-state index is 12.3. The number of hydrogen-bond acceptors (Lipinski definition) is 5. The second kappa shape index (κ2) is 9.56. The van der Waals surface area contributed by atoms with Crippen LogP contribution in [0.1, 0.15) is 56.2 Å². The number of aromatic nitrogens is 1. The van der Waals surface area contributed by atoms with Gasteiger partial charge in [0.15, 0.2) is 0 Å². The summed E-state index contributed by atoms with van der Waals surface area (Å²) in [5.41, 5.74) is 2.58. The highest BCUT2D eigenvalue weighted by Crippen LogP contribution is 2.37. The predicted molar refractivity (Wildman–Crippen MR) is 120 cm³/mol. The molecule has 2 heterocycles. The average Bonchev–Trinajstić information content (AvgIpc) is 3.47. The van der Waals surface area contributed by atoms with Crippen LogP contribution in [-0.2, 0) is 11.3 Å². The molecule has 0 atom stereocenters. The second-order valence-corrected chi connectivity index (χ2v) is 10.1. The van der Waals surface area contributed by atoms with Crippen LogP contribution in [0.3, 0.4) is 0 Å². The van der Waals surface area contributed by atoms with Crippen molar-refractivity contribution in [3.63, 3.8) is 0 Å². The summed E-state index contributed by atoms with van der Waals surface area (Å²) >= 11 is 7.74. The molecule has 0 aromatic carbocycles. The third-order valence-electron chi connectivity index (χ3n) is 5.79. The minimum Gasteiger partial charge on any atom is -0.489 e. The summed E-state index contributed by atoms with van der Waals surface area (Å²) in [6, 6.07) is 5.83. The lowest BCUT2D eigenvalue weighted by Crippen LogP contribution is -2.29. The molecule has 4 rings (SSSR count). The number of hydrogen-bond donors (Lipinski definition) is 0. The van der Waals surface area contributed by atoms with E-state index in [1.54, 1.807) is 11.9 Å². The minimum absolute atomic E-state index is 0.188. The zero-order valence-electron chi connectivity index (χ0n) is 17.7. The monoisotopic (exact) mass is 448 g/mol. The van der Waals surface area contributed by atoms with E-state index in [2.05, 4.69) is 0 Å². The largest absolute Gasteiger partial charge is 0.489 e. The number of nitrogens with zero attached hydrogens (tertiary/aromatic N) is 2. The van der Waals surface area contributed by atoms with Gasteiger partial charge in [-0.2, -0.15) is 0 Å². The summed E-state index contributed by atoms with van der Waals surface area (Å²) in [4.78, 5) is 19.6. The van der Waals surface area contributed by atoms with Crippen molar-refractivity contribution >= 4 is 29.0 Å². The van der Waals surface area contributed by atoms with Gasteiger partial charge in [-0.3, -0.25) is 0 Å². The fraction of sp³-hybridized carbons (Fsp3) is 0.565. The third kappa shape index (κ3) is 5.46. The molecule has 1 amide bonds. The summed E-state index contributed by atoms with van der Waals surface area (Å²) in [5.74, 6) is 1.48. The average molecular weight is 449 g/mol. The summed E-state index contributed by atoms with van der Waals surface area (Å²) in [6.07, 6.45) is 8.42. The smallest absolute Gasteiger partial charge is 0.409 e. The number of pyridine rings is 1. The van der Waals surface area contributed by atoms with Crippen molar-refractivity contribution in [1.82, 2.24) is 9.88 Å². The lowest BCUT2D eigenvalue weighted by Gasteiger charge is -2.23. The molecule has 162 valence electrons. The van der Waals surface area contributed by atoms with Crippen LogP contribution in [0.2, 0.25) is 4.34 Å². The molecule has 0 aliphatic heterocycles. The molecule has 30 heavy (non-hydrogen) atoms. The van der Waals surface area contributed by atoms with Gasteiger partial charge in [0.2, 0.25) is 0 Å². The molecule has 0 spiro atoms. The van der Waals surface area contributed by atoms with E-state index < -0.39 is 0 Å². The Balaban J connectivity index is 1.43. The fourth-order valence-electron chi connectivity index (χ4n) is 3.89. The number of aryl methyl sites for hydroxylation is 1. The Labute approximate surface area is 187 Å². The van der Waals surface area contributed by atoms with Crippen LogP contribution < -0.4 is 4.74 Å². The Morgan fingerprint density at radius 1 is 1.23 bits per heavy atom. The van der Waals surface area contributed by atoms with Gasteiger partial charge in [-0.1, -0.05) is 18.0 Å². The first-order chi connectivity index (χ1) is 14.5. The molecule has 7 heteroatoms. The van der Waals surface area contributed by atoms with Crippen LogP contribution in [0.5, 0.6) is 5.75 Å². The molecular formula is C23H29ClN2O3S. The molecule has 2 fully saturated rings. The normalized spacial score (nSPS) is 17.0. The van der Waals surface area contributed by atoms with Crippen molar-refractivity contribution in [3.05, 3.63) is 33.8 Å². The van der Waals surface area contributed by atoms with Crippen molar-refractivity contribution in [3.8, 4) is 16.3 Å². The van der Waals surface area contributed by atoms with E-state index >= 15 is 0 Å². The zero-order valence-corrected chi connectivity index (χ0v) is 19.2. The van der Waals surface area contributed by atoms with Gasteiger partial charge in [-0.25, -0.2) is 9.78 Å². The van der Waals surface area contributed by atoms with E-state index in [1.165, 1.54) is 43.4 Å². The first-order valence-corrected chi connectivity index (χ1v) is 12.0. The molecule has 5 nitrogen and oxygen atoms in total. The Morgan fingerprint density at radius 2 is 2.00 bits per heavy atom. The van der Waals surface area contributed by atoms with Gasteiger partial charge < -0.3 is 14.4 Å². The summed E-state index contributed by atoms with van der Waals surface area (Å²) in [7, 11) is 1.79. The van der Waals surface area contributed by atoms with Crippen LogP contribution in [0.15, 0.2) is 18.2 Å². The van der Waals surface area contributed by atoms with Crippen molar-refractivity contribution in [1.29, 1.82) is 0 Å². The van der Waals surface area contributed by atoms with Crippen LogP contribution in [-0.4, -0.2) is 35.7 Å². The zero-order chi connectivity index (χ0) is 21.1. The quantitative estimate of drug-likeness (QED) is 0.487. The second-order valence-electron chi connectivity index (χ2n) is 8.44. The number of amides is 1. The molecule has 0 saturated heterocycles. The number of thiophene rings is 1. The topological polar surface area (TPSA) is 51.7 Å². The van der Waals surface area contributed by atoms with Crippen molar-refractivity contribution in [2.75, 3.05) is 13.6 Å². The van der Waals surface area contributed by atoms with E-state index in [9.17, 15) is 4.79 Å². The number of halogens is 1. The van der Waals surface area contributed by atoms with E-state index in [1.807, 2.05) is 25.1 Å². The van der Waals surface area contributed by atoms with Crippen molar-refractivity contribution < 1.29 is 14.3 Å². The Kier molecular flexibility index (Phi) is 6.84. The molecule has 0 N–H and O–H groups in total. The SMILES string of the molecule is Cc1nc(-c2sc(Cl)cc2COC(=O)N(C)CC2CC2)ccc1OC1CCCCC1. The molecule has 2 aliphatic carbocycles. The first kappa shape index (κ1) is 21.4. The van der Waals surface area contributed by atoms with Gasteiger partial charge in [0.25, 0.3) is 0 Å². The van der Waals surface area contributed by atoms with Gasteiger partial charge in [-0.05, 0) is 69.6 Å². The van der Waals surface area contributed by atoms with Gasteiger partial charge >= 0.3 is 6.09 Å². The molecule has 0 bridgehead atoms. The highest BCUT2D eigenvalue weighted by molar-refractivity contribution is 7.19. The van der Waals surface area contributed by atoms with E-state index in [4.69, 9.17) is 26.1 Å². The van der Waals surface area contributed by atoms with Crippen LogP contribution >= 0.6 is 22.9 Å². The molecule has 2 aromatic rings. The first-order valence-electron chi connectivity index (χ1n) is 10.8. The number of rotatable bonds is 7. The predicted octanol–water partition coefficient (Wildman–Crippen LogP) is 6.46. The van der Waals surface area contributed by atoms with Crippen molar-refractivity contribution in [2.45, 2.75) is 64.6 Å². The molecule has 2 aromatic heterocycles. The van der Waals surface area contributed by atoms with Gasteiger partial charge in [-0.15, -0.1) is 11.3 Å². The number of ether oxygens (including phenoxy) is 2. The molecule has 2 aliphatic rings. The third-order valence-corrected chi connectivity index (χ3v) is 7.12. The maximum absolute atomic E-state index is 12.3. The number of carbonyl (C=O) groups is 1. The molecule has 0 unspecified atom stereocenters. The summed E-state index contributed by atoms with van der Waals surface area (Å²) in [5, 5.41) is 0. The Hall–Kier alpha value is -1.79. The van der Waals surface area contributed by atoms with Gasteiger partial charge in [0.1, 0.15) is 12.4 Å². The van der Waals surface area contributed by atoms with Crippen LogP contribution in [0, 0.1) is 12.8 Å². The van der Waals surface area contributed by atoms with Gasteiger partial charge in [0.05, 0.1) is 26.7 Å². The fourth-order valence-corrected chi connectivity index (χ4v) is 5.12. The minimum atomic E-state index is -0.296. The molecule has 2 saturated carbocycles. The number of carbonyl (C=O) groups excluding carboxylic acids is 1. The summed E-state index contributed by atoms with van der Waals surface area (Å²) in [6.45, 7) is 2.93. The Bertz CT molecular complexity index is 891. The maximum Gasteiger partial charge on any atom is 0.409 e. The summed E-state index contributed by atoms with van der Waals surface area (Å²) < 4.78 is 12.4. The van der Waals surface area contributed by atoms with E-state index in [-0.39, 0.29) is 12.7 Å².